The molecule has 3 aromatic rings. The van der Waals surface area contributed by atoms with Gasteiger partial charge in [-0.15, -0.1) is 0 Å². The molecule has 0 bridgehead atoms. The molecule has 182 valence electrons. The summed E-state index contributed by atoms with van der Waals surface area (Å²) in [6.45, 7) is 2.71. The van der Waals surface area contributed by atoms with Gasteiger partial charge >= 0.3 is 12.1 Å². The number of aromatic nitrogens is 1. The Hall–Kier alpha value is -3.57. The number of carboxylic acids is 1. The zero-order valence-electron chi connectivity index (χ0n) is 18.5. The van der Waals surface area contributed by atoms with E-state index in [1.165, 1.54) is 22.2 Å². The van der Waals surface area contributed by atoms with Crippen LogP contribution < -0.4 is 10.2 Å². The Morgan fingerprint density at radius 1 is 1.15 bits per heavy atom. The van der Waals surface area contributed by atoms with Crippen LogP contribution >= 0.6 is 0 Å². The Balaban J connectivity index is 0.000000406. The maximum Gasteiger partial charge on any atom is 0.490 e. The number of likely N-dealkylation sites (N-methyl/N-ethyl adjacent to an activating group) is 1. The fraction of sp³-hybridized carbons (Fsp3) is 0.304. The van der Waals surface area contributed by atoms with Gasteiger partial charge in [-0.25, -0.2) is 10.3 Å². The van der Waals surface area contributed by atoms with E-state index in [-0.39, 0.29) is 0 Å². The molecule has 0 radical (unpaired) electrons. The number of alkyl halides is 3. The lowest BCUT2D eigenvalue weighted by atomic mass is 10.0. The number of carbonyl (C=O) groups is 2. The molecule has 1 aliphatic heterocycles. The first-order valence-corrected chi connectivity index (χ1v) is 10.2. The molecule has 1 aromatic heterocycles. The van der Waals surface area contributed by atoms with Crippen LogP contribution in [0.5, 0.6) is 5.75 Å². The summed E-state index contributed by atoms with van der Waals surface area (Å²) in [5.74, 6) is -2.39. The van der Waals surface area contributed by atoms with Crippen LogP contribution in [0.2, 0.25) is 0 Å². The van der Waals surface area contributed by atoms with E-state index in [0.29, 0.717) is 5.56 Å². The van der Waals surface area contributed by atoms with Crippen molar-refractivity contribution < 1.29 is 37.8 Å². The molecule has 1 aliphatic rings. The molecule has 0 aliphatic carbocycles. The Morgan fingerprint density at radius 3 is 2.35 bits per heavy atom. The maximum atomic E-state index is 11.5. The SMILES string of the molecule is COc1ccc2c(c1)c1c(n2Cc2ccc(C(=O)NO)cc2)CCN(C)C1.O=C(O)C(F)(F)F. The van der Waals surface area contributed by atoms with Gasteiger partial charge < -0.3 is 19.3 Å². The number of rotatable bonds is 4. The summed E-state index contributed by atoms with van der Waals surface area (Å²) < 4.78 is 39.5. The summed E-state index contributed by atoms with van der Waals surface area (Å²) in [7, 11) is 3.85. The number of ether oxygens (including phenoxy) is 1. The minimum atomic E-state index is -5.08. The summed E-state index contributed by atoms with van der Waals surface area (Å²) in [4.78, 5) is 22.8. The number of benzene rings is 2. The van der Waals surface area contributed by atoms with E-state index in [2.05, 4.69) is 28.6 Å². The van der Waals surface area contributed by atoms with E-state index < -0.39 is 18.1 Å². The van der Waals surface area contributed by atoms with Crippen molar-refractivity contribution in [3.8, 4) is 5.75 Å². The molecular formula is C23H24F3N3O5. The lowest BCUT2D eigenvalue weighted by molar-refractivity contribution is -0.192. The van der Waals surface area contributed by atoms with E-state index in [9.17, 15) is 18.0 Å². The lowest BCUT2D eigenvalue weighted by Gasteiger charge is -2.24. The molecule has 2 heterocycles. The Kier molecular flexibility index (Phi) is 7.48. The van der Waals surface area contributed by atoms with Crippen molar-refractivity contribution in [2.75, 3.05) is 20.7 Å². The highest BCUT2D eigenvalue weighted by atomic mass is 19.4. The van der Waals surface area contributed by atoms with Gasteiger partial charge in [-0.2, -0.15) is 13.2 Å². The maximum absolute atomic E-state index is 11.5. The van der Waals surface area contributed by atoms with Gasteiger partial charge in [0.05, 0.1) is 7.11 Å². The van der Waals surface area contributed by atoms with E-state index in [0.717, 1.165) is 37.4 Å². The molecule has 0 fully saturated rings. The van der Waals surface area contributed by atoms with Crippen molar-refractivity contribution in [2.45, 2.75) is 25.7 Å². The number of aliphatic carboxylic acids is 1. The van der Waals surface area contributed by atoms with Crippen LogP contribution in [0.4, 0.5) is 13.2 Å². The van der Waals surface area contributed by atoms with Gasteiger partial charge in [0.1, 0.15) is 5.75 Å². The zero-order chi connectivity index (χ0) is 25.0. The van der Waals surface area contributed by atoms with Crippen molar-refractivity contribution in [1.29, 1.82) is 0 Å². The number of amides is 1. The highest BCUT2D eigenvalue weighted by molar-refractivity contribution is 5.93. The Bertz CT molecular complexity index is 1190. The number of halogens is 3. The molecule has 0 spiro atoms. The molecule has 4 rings (SSSR count). The number of carboxylic acid groups (broad SMARTS) is 1. The first-order valence-electron chi connectivity index (χ1n) is 10.2. The number of hydrogen-bond donors (Lipinski definition) is 3. The van der Waals surface area contributed by atoms with Gasteiger partial charge in [-0.05, 0) is 48.5 Å². The summed E-state index contributed by atoms with van der Waals surface area (Å²) >= 11 is 0. The average molecular weight is 479 g/mol. The van der Waals surface area contributed by atoms with Gasteiger partial charge in [-0.1, -0.05) is 12.1 Å². The van der Waals surface area contributed by atoms with Crippen LogP contribution in [0, 0.1) is 0 Å². The highest BCUT2D eigenvalue weighted by Crippen LogP contribution is 2.33. The van der Waals surface area contributed by atoms with Crippen molar-refractivity contribution in [3.63, 3.8) is 0 Å². The largest absolute Gasteiger partial charge is 0.497 e. The zero-order valence-corrected chi connectivity index (χ0v) is 18.5. The first-order chi connectivity index (χ1) is 16.0. The van der Waals surface area contributed by atoms with Crippen molar-refractivity contribution in [3.05, 3.63) is 64.8 Å². The number of fused-ring (bicyclic) bond motifs is 3. The summed E-state index contributed by atoms with van der Waals surface area (Å²) in [6, 6.07) is 13.6. The van der Waals surface area contributed by atoms with E-state index >= 15 is 0 Å². The van der Waals surface area contributed by atoms with Gasteiger partial charge in [0.25, 0.3) is 5.91 Å². The Labute approximate surface area is 193 Å². The fourth-order valence-corrected chi connectivity index (χ4v) is 3.88. The quantitative estimate of drug-likeness (QED) is 0.391. The van der Waals surface area contributed by atoms with Crippen LogP contribution in [-0.4, -0.2) is 58.5 Å². The first kappa shape index (κ1) is 25.1. The predicted octanol–water partition coefficient (Wildman–Crippen LogP) is 3.44. The van der Waals surface area contributed by atoms with Crippen LogP contribution in [0.1, 0.15) is 27.2 Å². The molecule has 0 saturated carbocycles. The number of nitrogens with zero attached hydrogens (tertiary/aromatic N) is 2. The monoisotopic (exact) mass is 479 g/mol. The summed E-state index contributed by atoms with van der Waals surface area (Å²) in [5.41, 5.74) is 7.15. The number of nitrogens with one attached hydrogen (secondary N) is 1. The van der Waals surface area contributed by atoms with Gasteiger partial charge in [0, 0.05) is 48.2 Å². The van der Waals surface area contributed by atoms with Gasteiger partial charge in [0.2, 0.25) is 0 Å². The predicted molar refractivity (Wildman–Crippen MR) is 117 cm³/mol. The van der Waals surface area contributed by atoms with E-state index in [4.69, 9.17) is 19.8 Å². The second-order valence-electron chi connectivity index (χ2n) is 7.82. The second-order valence-corrected chi connectivity index (χ2v) is 7.82. The minimum Gasteiger partial charge on any atom is -0.497 e. The highest BCUT2D eigenvalue weighted by Gasteiger charge is 2.38. The molecule has 11 heteroatoms. The molecular weight excluding hydrogens is 455 g/mol. The average Bonchev–Trinajstić information content (AvgIpc) is 3.10. The van der Waals surface area contributed by atoms with Gasteiger partial charge in [0.15, 0.2) is 0 Å². The molecule has 0 atom stereocenters. The molecule has 34 heavy (non-hydrogen) atoms. The van der Waals surface area contributed by atoms with Crippen LogP contribution in [0.15, 0.2) is 42.5 Å². The van der Waals surface area contributed by atoms with E-state index in [1.54, 1.807) is 24.7 Å². The molecule has 1 amide bonds. The second kappa shape index (κ2) is 10.1. The van der Waals surface area contributed by atoms with Crippen molar-refractivity contribution >= 4 is 22.8 Å². The normalized spacial score (nSPS) is 13.6. The third kappa shape index (κ3) is 5.49. The molecule has 8 nitrogen and oxygen atoms in total. The number of carbonyl (C=O) groups excluding carboxylic acids is 1. The Morgan fingerprint density at radius 2 is 1.79 bits per heavy atom. The van der Waals surface area contributed by atoms with Crippen molar-refractivity contribution in [2.24, 2.45) is 0 Å². The molecule has 0 saturated heterocycles. The van der Waals surface area contributed by atoms with Crippen LogP contribution in [0.3, 0.4) is 0 Å². The molecule has 0 unspecified atom stereocenters. The smallest absolute Gasteiger partial charge is 0.490 e. The minimum absolute atomic E-state index is 0.437. The summed E-state index contributed by atoms with van der Waals surface area (Å²) in [6.07, 6.45) is -4.08. The topological polar surface area (TPSA) is 104 Å². The van der Waals surface area contributed by atoms with Crippen LogP contribution in [-0.2, 0) is 24.3 Å². The van der Waals surface area contributed by atoms with Crippen molar-refractivity contribution in [1.82, 2.24) is 14.9 Å². The molecule has 2 aromatic carbocycles. The lowest BCUT2D eigenvalue weighted by Crippen LogP contribution is -2.27. The molecule has 3 N–H and O–H groups in total. The third-order valence-electron chi connectivity index (χ3n) is 5.55. The number of hydrogen-bond acceptors (Lipinski definition) is 5. The fourth-order valence-electron chi connectivity index (χ4n) is 3.88. The third-order valence-corrected chi connectivity index (χ3v) is 5.55. The van der Waals surface area contributed by atoms with Crippen LogP contribution in [0.25, 0.3) is 10.9 Å². The summed E-state index contributed by atoms with van der Waals surface area (Å²) in [5, 5.41) is 17.1. The number of methoxy groups -OCH3 is 1. The standard InChI is InChI=1S/C21H23N3O3.C2HF3O2/c1-23-10-9-20-18(13-23)17-11-16(27-2)7-8-19(17)24(20)12-14-3-5-15(6-4-14)21(25)22-26;3-2(4,5)1(6)7/h3-8,11,26H,9-10,12-13H2,1-2H3,(H,22,25);(H,6,7). The van der Waals surface area contributed by atoms with E-state index in [1.807, 2.05) is 18.2 Å². The number of hydroxylamine groups is 1. The van der Waals surface area contributed by atoms with Gasteiger partial charge in [-0.3, -0.25) is 10.0 Å².